The van der Waals surface area contributed by atoms with Crippen LogP contribution < -0.4 is 9.47 Å². The minimum Gasteiger partial charge on any atom is -0.479 e. The molecule has 0 N–H and O–H groups in total. The van der Waals surface area contributed by atoms with Gasteiger partial charge in [0.15, 0.2) is 5.71 Å². The van der Waals surface area contributed by atoms with Crippen LogP contribution >= 0.6 is 0 Å². The van der Waals surface area contributed by atoms with E-state index in [2.05, 4.69) is 15.1 Å². The molecule has 0 saturated heterocycles. The lowest BCUT2D eigenvalue weighted by Crippen LogP contribution is -2.21. The molecular weight excluding hydrogens is 369 g/mol. The zero-order valence-electron chi connectivity index (χ0n) is 16.8. The number of methoxy groups -OCH3 is 2. The second-order valence-corrected chi connectivity index (χ2v) is 5.92. The van der Waals surface area contributed by atoms with Crippen LogP contribution in [-0.2, 0) is 14.4 Å². The summed E-state index contributed by atoms with van der Waals surface area (Å²) in [7, 11) is 3.82. The van der Waals surface area contributed by atoms with Crippen molar-refractivity contribution >= 4 is 11.7 Å². The van der Waals surface area contributed by atoms with Crippen molar-refractivity contribution in [3.05, 3.63) is 40.0 Å². The van der Waals surface area contributed by atoms with Crippen LogP contribution in [0, 0.1) is 33.5 Å². The average Bonchev–Trinajstić information content (AvgIpc) is 2.70. The number of carbonyl (C=O) groups is 1. The van der Waals surface area contributed by atoms with Crippen LogP contribution in [0.1, 0.15) is 27.8 Å². The molecule has 9 heteroatoms. The van der Waals surface area contributed by atoms with Crippen LogP contribution in [0.3, 0.4) is 0 Å². The fourth-order valence-corrected chi connectivity index (χ4v) is 2.71. The number of oxime groups is 1. The lowest BCUT2D eigenvalue weighted by atomic mass is 9.91. The molecule has 1 aromatic heterocycles. The number of esters is 1. The van der Waals surface area contributed by atoms with E-state index in [-0.39, 0.29) is 23.2 Å². The van der Waals surface area contributed by atoms with E-state index in [4.69, 9.17) is 19.0 Å². The van der Waals surface area contributed by atoms with Crippen molar-refractivity contribution in [1.82, 2.24) is 9.97 Å². The Kier molecular flexibility index (Phi) is 6.50. The summed E-state index contributed by atoms with van der Waals surface area (Å²) in [5, 5.41) is 3.81. The first-order chi connectivity index (χ1) is 13.3. The van der Waals surface area contributed by atoms with E-state index in [9.17, 15) is 9.18 Å². The van der Waals surface area contributed by atoms with Gasteiger partial charge in [0.25, 0.3) is 11.8 Å². The number of carbonyl (C=O) groups excluding carboxylic acids is 1. The number of hydrogen-bond donors (Lipinski definition) is 0. The number of nitrogens with zero attached hydrogens (tertiary/aromatic N) is 3. The summed E-state index contributed by atoms with van der Waals surface area (Å²) in [5.74, 6) is -1.99. The van der Waals surface area contributed by atoms with Gasteiger partial charge in [-0.3, -0.25) is 0 Å². The quantitative estimate of drug-likeness (QED) is 0.424. The highest BCUT2D eigenvalue weighted by Gasteiger charge is 2.28. The molecule has 0 unspecified atom stereocenters. The summed E-state index contributed by atoms with van der Waals surface area (Å²) >= 11 is 0. The Balaban J connectivity index is 2.80. The third-order valence-electron chi connectivity index (χ3n) is 4.55. The zero-order valence-corrected chi connectivity index (χ0v) is 16.8. The van der Waals surface area contributed by atoms with Gasteiger partial charge in [-0.15, -0.1) is 0 Å². The van der Waals surface area contributed by atoms with E-state index in [1.54, 1.807) is 13.8 Å². The van der Waals surface area contributed by atoms with Gasteiger partial charge in [0.1, 0.15) is 19.2 Å². The molecule has 0 bridgehead atoms. The molecule has 1 aromatic carbocycles. The van der Waals surface area contributed by atoms with Crippen LogP contribution in [0.15, 0.2) is 11.5 Å². The first kappa shape index (κ1) is 21.1. The number of hydrogen-bond acceptors (Lipinski definition) is 8. The number of benzene rings is 1. The van der Waals surface area contributed by atoms with Crippen molar-refractivity contribution in [3.63, 3.8) is 0 Å². The van der Waals surface area contributed by atoms with E-state index in [1.807, 2.05) is 13.8 Å². The van der Waals surface area contributed by atoms with Crippen LogP contribution in [0.2, 0.25) is 0 Å². The van der Waals surface area contributed by atoms with Crippen molar-refractivity contribution in [2.75, 3.05) is 21.3 Å². The first-order valence-electron chi connectivity index (χ1n) is 8.30. The summed E-state index contributed by atoms with van der Waals surface area (Å²) < 4.78 is 30.0. The maximum atomic E-state index is 14.6. The number of rotatable bonds is 6. The summed E-state index contributed by atoms with van der Waals surface area (Å²) in [6.45, 7) is 7.39. The van der Waals surface area contributed by atoms with Gasteiger partial charge in [0.2, 0.25) is 5.82 Å². The molecule has 0 aliphatic carbocycles. The maximum Gasteiger partial charge on any atom is 0.360 e. The van der Waals surface area contributed by atoms with Gasteiger partial charge in [-0.05, 0) is 49.9 Å². The molecule has 2 rings (SSSR count). The minimum absolute atomic E-state index is 0.106. The Morgan fingerprint density at radius 2 is 1.57 bits per heavy atom. The van der Waals surface area contributed by atoms with Crippen molar-refractivity contribution in [2.24, 2.45) is 5.16 Å². The van der Waals surface area contributed by atoms with Gasteiger partial charge < -0.3 is 19.0 Å². The molecule has 0 spiro atoms. The number of aromatic nitrogens is 2. The van der Waals surface area contributed by atoms with Gasteiger partial charge in [-0.25, -0.2) is 4.79 Å². The third-order valence-corrected chi connectivity index (χ3v) is 4.55. The lowest BCUT2D eigenvalue weighted by Gasteiger charge is -2.20. The van der Waals surface area contributed by atoms with Crippen LogP contribution in [0.5, 0.6) is 17.5 Å². The molecule has 2 aromatic rings. The summed E-state index contributed by atoms with van der Waals surface area (Å²) in [4.78, 5) is 24.7. The molecule has 0 aliphatic heterocycles. The predicted molar refractivity (Wildman–Crippen MR) is 99.6 cm³/mol. The topological polar surface area (TPSA) is 92.1 Å². The lowest BCUT2D eigenvalue weighted by molar-refractivity contribution is -0.132. The second-order valence-electron chi connectivity index (χ2n) is 5.92. The molecule has 0 saturated carbocycles. The Morgan fingerprint density at radius 3 is 2.14 bits per heavy atom. The zero-order chi connectivity index (χ0) is 21.0. The molecule has 1 heterocycles. The fraction of sp³-hybridized carbons (Fsp3) is 0.368. The van der Waals surface area contributed by atoms with Gasteiger partial charge in [0.05, 0.1) is 19.8 Å². The molecule has 0 amide bonds. The first-order valence-corrected chi connectivity index (χ1v) is 8.30. The molecule has 150 valence electrons. The molecule has 0 aliphatic rings. The Hall–Kier alpha value is -3.23. The van der Waals surface area contributed by atoms with Crippen LogP contribution in [0.4, 0.5) is 4.39 Å². The monoisotopic (exact) mass is 391 g/mol. The predicted octanol–water partition coefficient (Wildman–Crippen LogP) is 3.17. The van der Waals surface area contributed by atoms with Gasteiger partial charge >= 0.3 is 5.97 Å². The molecule has 0 atom stereocenters. The van der Waals surface area contributed by atoms with E-state index < -0.39 is 11.8 Å². The van der Waals surface area contributed by atoms with E-state index in [0.717, 1.165) is 17.5 Å². The highest BCUT2D eigenvalue weighted by atomic mass is 19.1. The number of halogens is 1. The van der Waals surface area contributed by atoms with Crippen molar-refractivity contribution in [3.8, 4) is 17.5 Å². The molecular formula is C19H22FN3O5. The standard InChI is InChI=1S/C19H22FN3O5/c1-9-10(2)12(4)16(28-18-14(20)17(25-5)21-8-22-18)13(11(9)3)15(23-27-7)19(24)26-6/h8H,1-7H3/b23-15-. The maximum absolute atomic E-state index is 14.6. The summed E-state index contributed by atoms with van der Waals surface area (Å²) in [6.07, 6.45) is 1.12. The molecule has 0 fully saturated rings. The Labute approximate surface area is 162 Å². The highest BCUT2D eigenvalue weighted by Crippen LogP contribution is 2.37. The SMILES string of the molecule is CO/N=C(\C(=O)OC)c1c(C)c(C)c(C)c(C)c1Oc1ncnc(OC)c1F. The van der Waals surface area contributed by atoms with Crippen LogP contribution in [0.25, 0.3) is 0 Å². The summed E-state index contributed by atoms with van der Waals surface area (Å²) in [5.41, 5.74) is 3.45. The van der Waals surface area contributed by atoms with E-state index in [0.29, 0.717) is 16.7 Å². The molecule has 8 nitrogen and oxygen atoms in total. The van der Waals surface area contributed by atoms with Crippen molar-refractivity contribution in [2.45, 2.75) is 27.7 Å². The largest absolute Gasteiger partial charge is 0.479 e. The van der Waals surface area contributed by atoms with Crippen molar-refractivity contribution < 1.29 is 28.2 Å². The highest BCUT2D eigenvalue weighted by molar-refractivity contribution is 6.44. The Bertz CT molecular complexity index is 944. The molecule has 0 radical (unpaired) electrons. The van der Waals surface area contributed by atoms with Gasteiger partial charge in [-0.1, -0.05) is 5.16 Å². The second kappa shape index (κ2) is 8.64. The summed E-state index contributed by atoms with van der Waals surface area (Å²) in [6, 6.07) is 0. The van der Waals surface area contributed by atoms with Gasteiger partial charge in [-0.2, -0.15) is 14.4 Å². The van der Waals surface area contributed by atoms with E-state index >= 15 is 0 Å². The molecule has 28 heavy (non-hydrogen) atoms. The normalized spacial score (nSPS) is 11.2. The Morgan fingerprint density at radius 1 is 0.964 bits per heavy atom. The smallest absolute Gasteiger partial charge is 0.360 e. The van der Waals surface area contributed by atoms with Gasteiger partial charge in [0, 0.05) is 0 Å². The fourth-order valence-electron chi connectivity index (χ4n) is 2.71. The number of ether oxygens (including phenoxy) is 3. The van der Waals surface area contributed by atoms with Crippen LogP contribution in [-0.4, -0.2) is 43.0 Å². The minimum atomic E-state index is -0.866. The van der Waals surface area contributed by atoms with E-state index in [1.165, 1.54) is 21.3 Å². The van der Waals surface area contributed by atoms with Crippen molar-refractivity contribution in [1.29, 1.82) is 0 Å². The third kappa shape index (κ3) is 3.73. The average molecular weight is 391 g/mol.